The minimum absolute atomic E-state index is 0.0292. The van der Waals surface area contributed by atoms with Gasteiger partial charge in [-0.2, -0.15) is 0 Å². The Hall–Kier alpha value is -2.73. The van der Waals surface area contributed by atoms with E-state index in [9.17, 15) is 4.79 Å². The number of amides is 1. The molecule has 0 unspecified atom stereocenters. The van der Waals surface area contributed by atoms with Crippen LogP contribution in [0.3, 0.4) is 0 Å². The molecular formula is C26H38N2O4. The maximum Gasteiger partial charge on any atom is 0.264 e. The van der Waals surface area contributed by atoms with Gasteiger partial charge in [-0.05, 0) is 68.9 Å². The van der Waals surface area contributed by atoms with Crippen LogP contribution in [0.5, 0.6) is 17.2 Å². The summed E-state index contributed by atoms with van der Waals surface area (Å²) >= 11 is 0. The van der Waals surface area contributed by atoms with Crippen molar-refractivity contribution in [3.63, 3.8) is 0 Å². The maximum absolute atomic E-state index is 13.1. The lowest BCUT2D eigenvalue weighted by Crippen LogP contribution is -2.37. The molecule has 0 heterocycles. The van der Waals surface area contributed by atoms with Crippen molar-refractivity contribution >= 4 is 11.6 Å². The van der Waals surface area contributed by atoms with E-state index >= 15 is 0 Å². The van der Waals surface area contributed by atoms with Gasteiger partial charge in [-0.3, -0.25) is 4.79 Å². The first-order valence-electron chi connectivity index (χ1n) is 11.6. The molecule has 0 saturated carbocycles. The first kappa shape index (κ1) is 25.5. The van der Waals surface area contributed by atoms with Gasteiger partial charge in [-0.1, -0.05) is 33.3 Å². The van der Waals surface area contributed by atoms with Crippen LogP contribution < -0.4 is 19.1 Å². The van der Waals surface area contributed by atoms with E-state index in [2.05, 4.69) is 25.7 Å². The number of hydrogen-bond donors (Lipinski definition) is 0. The topological polar surface area (TPSA) is 51.2 Å². The molecule has 0 bridgehead atoms. The molecule has 0 aliphatic heterocycles. The number of hydrogen-bond acceptors (Lipinski definition) is 5. The monoisotopic (exact) mass is 442 g/mol. The summed E-state index contributed by atoms with van der Waals surface area (Å²) < 4.78 is 16.8. The molecule has 1 amide bonds. The molecule has 0 fully saturated rings. The van der Waals surface area contributed by atoms with Crippen molar-refractivity contribution in [2.45, 2.75) is 40.0 Å². The highest BCUT2D eigenvalue weighted by Gasteiger charge is 2.17. The Labute approximate surface area is 193 Å². The summed E-state index contributed by atoms with van der Waals surface area (Å²) in [5, 5.41) is 0. The summed E-state index contributed by atoms with van der Waals surface area (Å²) in [5.41, 5.74) is 0.817. The van der Waals surface area contributed by atoms with Crippen LogP contribution in [-0.4, -0.2) is 57.3 Å². The molecule has 0 atom stereocenters. The number of benzene rings is 2. The van der Waals surface area contributed by atoms with Gasteiger partial charge in [0, 0.05) is 18.3 Å². The molecule has 0 N–H and O–H groups in total. The molecule has 0 radical (unpaired) electrons. The van der Waals surface area contributed by atoms with Gasteiger partial charge in [-0.15, -0.1) is 0 Å². The van der Waals surface area contributed by atoms with Crippen LogP contribution in [0.25, 0.3) is 0 Å². The van der Waals surface area contributed by atoms with Gasteiger partial charge in [0.2, 0.25) is 0 Å². The Morgan fingerprint density at radius 1 is 0.844 bits per heavy atom. The first-order chi connectivity index (χ1) is 15.6. The van der Waals surface area contributed by atoms with Crippen LogP contribution in [-0.2, 0) is 4.79 Å². The number of nitrogens with zero attached hydrogens (tertiary/aromatic N) is 2. The zero-order valence-electron chi connectivity index (χ0n) is 20.0. The van der Waals surface area contributed by atoms with E-state index in [4.69, 9.17) is 14.2 Å². The minimum atomic E-state index is -0.0823. The first-order valence-corrected chi connectivity index (χ1v) is 11.6. The zero-order valence-corrected chi connectivity index (χ0v) is 20.0. The van der Waals surface area contributed by atoms with Crippen LogP contribution >= 0.6 is 0 Å². The Morgan fingerprint density at radius 2 is 1.53 bits per heavy atom. The van der Waals surface area contributed by atoms with E-state index in [1.54, 1.807) is 12.0 Å². The summed E-state index contributed by atoms with van der Waals surface area (Å²) in [7, 11) is 1.63. The Morgan fingerprint density at radius 3 is 2.16 bits per heavy atom. The zero-order chi connectivity index (χ0) is 23.2. The van der Waals surface area contributed by atoms with Crippen LogP contribution in [0.15, 0.2) is 48.5 Å². The Kier molecular flexibility index (Phi) is 11.5. The summed E-state index contributed by atoms with van der Waals surface area (Å²) in [5.74, 6) is 2.10. The lowest BCUT2D eigenvalue weighted by Gasteiger charge is -2.25. The molecule has 0 aliphatic carbocycles. The number of anilines is 1. The molecular weight excluding hydrogens is 404 g/mol. The highest BCUT2D eigenvalue weighted by Crippen LogP contribution is 2.22. The van der Waals surface area contributed by atoms with Gasteiger partial charge >= 0.3 is 0 Å². The number of rotatable bonds is 15. The fourth-order valence-electron chi connectivity index (χ4n) is 3.36. The van der Waals surface area contributed by atoms with E-state index in [1.165, 1.54) is 0 Å². The predicted molar refractivity (Wildman–Crippen MR) is 130 cm³/mol. The highest BCUT2D eigenvalue weighted by atomic mass is 16.5. The van der Waals surface area contributed by atoms with Crippen molar-refractivity contribution in [2.24, 2.45) is 0 Å². The molecule has 6 heteroatoms. The SMILES string of the molecule is CCCCOc1ccc(OCC(=O)N(CCCN(CC)CC)c2cccc(OC)c2)cc1. The lowest BCUT2D eigenvalue weighted by molar-refractivity contribution is -0.120. The smallest absolute Gasteiger partial charge is 0.264 e. The van der Waals surface area contributed by atoms with E-state index in [0.717, 1.165) is 56.1 Å². The van der Waals surface area contributed by atoms with E-state index in [-0.39, 0.29) is 12.5 Å². The normalized spacial score (nSPS) is 10.8. The average molecular weight is 443 g/mol. The second kappa shape index (κ2) is 14.4. The number of ether oxygens (including phenoxy) is 3. The summed E-state index contributed by atoms with van der Waals surface area (Å²) in [6.07, 6.45) is 3.01. The van der Waals surface area contributed by atoms with Gasteiger partial charge in [0.15, 0.2) is 6.61 Å². The second-order valence-corrected chi connectivity index (χ2v) is 7.59. The van der Waals surface area contributed by atoms with Gasteiger partial charge in [0.25, 0.3) is 5.91 Å². The molecule has 0 spiro atoms. The van der Waals surface area contributed by atoms with E-state index in [1.807, 2.05) is 48.5 Å². The van der Waals surface area contributed by atoms with Gasteiger partial charge in [-0.25, -0.2) is 0 Å². The summed E-state index contributed by atoms with van der Waals surface area (Å²) in [4.78, 5) is 17.2. The maximum atomic E-state index is 13.1. The van der Waals surface area contributed by atoms with E-state index in [0.29, 0.717) is 18.9 Å². The van der Waals surface area contributed by atoms with Crippen molar-refractivity contribution in [3.05, 3.63) is 48.5 Å². The number of unbranched alkanes of at least 4 members (excludes halogenated alkanes) is 1. The third kappa shape index (κ3) is 8.42. The van der Waals surface area contributed by atoms with Gasteiger partial charge in [0.1, 0.15) is 17.2 Å². The quantitative estimate of drug-likeness (QED) is 0.363. The lowest BCUT2D eigenvalue weighted by atomic mass is 10.2. The third-order valence-electron chi connectivity index (χ3n) is 5.37. The molecule has 176 valence electrons. The number of carbonyl (C=O) groups excluding carboxylic acids is 1. The fraction of sp³-hybridized carbons (Fsp3) is 0.500. The number of methoxy groups -OCH3 is 1. The molecule has 2 aromatic carbocycles. The minimum Gasteiger partial charge on any atom is -0.497 e. The molecule has 2 rings (SSSR count). The third-order valence-corrected chi connectivity index (χ3v) is 5.37. The average Bonchev–Trinajstić information content (AvgIpc) is 2.83. The fourth-order valence-corrected chi connectivity index (χ4v) is 3.36. The van der Waals surface area contributed by atoms with Gasteiger partial charge < -0.3 is 24.0 Å². The van der Waals surface area contributed by atoms with Crippen molar-refractivity contribution < 1.29 is 19.0 Å². The van der Waals surface area contributed by atoms with Crippen molar-refractivity contribution in [3.8, 4) is 17.2 Å². The van der Waals surface area contributed by atoms with Crippen LogP contribution in [0.2, 0.25) is 0 Å². The molecule has 0 aromatic heterocycles. The second-order valence-electron chi connectivity index (χ2n) is 7.59. The summed E-state index contributed by atoms with van der Waals surface area (Å²) in [6, 6.07) is 15.0. The van der Waals surface area contributed by atoms with Crippen molar-refractivity contribution in [2.75, 3.05) is 51.4 Å². The summed E-state index contributed by atoms with van der Waals surface area (Å²) in [6.45, 7) is 10.7. The highest BCUT2D eigenvalue weighted by molar-refractivity contribution is 5.94. The van der Waals surface area contributed by atoms with Gasteiger partial charge in [0.05, 0.1) is 13.7 Å². The Bertz CT molecular complexity index is 791. The Balaban J connectivity index is 2.00. The molecule has 32 heavy (non-hydrogen) atoms. The van der Waals surface area contributed by atoms with Crippen molar-refractivity contribution in [1.29, 1.82) is 0 Å². The van der Waals surface area contributed by atoms with Crippen LogP contribution in [0, 0.1) is 0 Å². The molecule has 6 nitrogen and oxygen atoms in total. The van der Waals surface area contributed by atoms with E-state index < -0.39 is 0 Å². The molecule has 2 aromatic rings. The van der Waals surface area contributed by atoms with Crippen LogP contribution in [0.1, 0.15) is 40.0 Å². The molecule has 0 aliphatic rings. The predicted octanol–water partition coefficient (Wildman–Crippen LogP) is 5.02. The largest absolute Gasteiger partial charge is 0.497 e. The standard InChI is InChI=1S/C26H38N2O4/c1-5-8-19-31-23-13-15-24(16-14-23)32-21-26(29)28(18-10-17-27(6-2)7-3)22-11-9-12-25(20-22)30-4/h9,11-16,20H,5-8,10,17-19,21H2,1-4H3. The number of carbonyl (C=O) groups is 1. The van der Waals surface area contributed by atoms with Crippen molar-refractivity contribution in [1.82, 2.24) is 4.90 Å². The molecule has 0 saturated heterocycles. The van der Waals surface area contributed by atoms with Crippen LogP contribution in [0.4, 0.5) is 5.69 Å².